The minimum atomic E-state index is -0.481. The summed E-state index contributed by atoms with van der Waals surface area (Å²) < 4.78 is 19.2. The number of hydrogen-bond acceptors (Lipinski definition) is 7. The number of rotatable bonds is 5. The maximum Gasteiger partial charge on any atom is 0.310 e. The number of piperidine rings is 1. The van der Waals surface area contributed by atoms with E-state index in [1.807, 2.05) is 14.7 Å². The van der Waals surface area contributed by atoms with Crippen molar-refractivity contribution in [3.8, 4) is 0 Å². The van der Waals surface area contributed by atoms with Crippen molar-refractivity contribution < 1.29 is 13.9 Å². The molecule has 0 spiro atoms. The fourth-order valence-electron chi connectivity index (χ4n) is 4.47. The molecule has 1 unspecified atom stereocenters. The lowest BCUT2D eigenvalue weighted by Gasteiger charge is -2.41. The van der Waals surface area contributed by atoms with Gasteiger partial charge in [-0.15, -0.1) is 0 Å². The third-order valence-electron chi connectivity index (χ3n) is 6.01. The molecule has 8 heteroatoms. The summed E-state index contributed by atoms with van der Waals surface area (Å²) in [6.07, 6.45) is 1.49. The van der Waals surface area contributed by atoms with Crippen LogP contribution in [0.4, 0.5) is 21.5 Å². The van der Waals surface area contributed by atoms with E-state index in [0.717, 1.165) is 12.8 Å². The van der Waals surface area contributed by atoms with E-state index in [2.05, 4.69) is 0 Å². The summed E-state index contributed by atoms with van der Waals surface area (Å²) in [6, 6.07) is 6.65. The van der Waals surface area contributed by atoms with Crippen molar-refractivity contribution in [1.29, 1.82) is 0 Å². The summed E-state index contributed by atoms with van der Waals surface area (Å²) in [6.45, 7) is 5.31. The van der Waals surface area contributed by atoms with Gasteiger partial charge in [-0.05, 0) is 31.9 Å². The van der Waals surface area contributed by atoms with Crippen LogP contribution in [0, 0.1) is 11.7 Å². The topological polar surface area (TPSA) is 70.2 Å². The number of piperazine rings is 1. The Hall–Kier alpha value is -2.90. The molecule has 1 atom stereocenters. The van der Waals surface area contributed by atoms with Crippen molar-refractivity contribution in [3.05, 3.63) is 50.5 Å². The van der Waals surface area contributed by atoms with E-state index in [-0.39, 0.29) is 17.7 Å². The van der Waals surface area contributed by atoms with Crippen LogP contribution in [0.15, 0.2) is 33.9 Å². The summed E-state index contributed by atoms with van der Waals surface area (Å²) in [7, 11) is 0. The predicted molar refractivity (Wildman–Crippen MR) is 114 cm³/mol. The summed E-state index contributed by atoms with van der Waals surface area (Å²) >= 11 is 0. The molecule has 0 radical (unpaired) electrons. The summed E-state index contributed by atoms with van der Waals surface area (Å²) in [4.78, 5) is 42.7. The first-order chi connectivity index (χ1) is 14.5. The van der Waals surface area contributed by atoms with Crippen LogP contribution in [0.1, 0.15) is 19.8 Å². The van der Waals surface area contributed by atoms with Crippen molar-refractivity contribution in [3.63, 3.8) is 0 Å². The molecule has 2 aliphatic heterocycles. The highest BCUT2D eigenvalue weighted by Gasteiger charge is 2.35. The quantitative estimate of drug-likeness (QED) is 0.542. The van der Waals surface area contributed by atoms with Crippen molar-refractivity contribution in [1.82, 2.24) is 0 Å². The first-order valence-corrected chi connectivity index (χ1v) is 10.5. The molecule has 2 aromatic rings. The molecule has 2 fully saturated rings. The van der Waals surface area contributed by atoms with E-state index in [0.29, 0.717) is 62.9 Å². The van der Waals surface area contributed by atoms with E-state index in [1.165, 1.54) is 6.07 Å². The molecule has 30 heavy (non-hydrogen) atoms. The van der Waals surface area contributed by atoms with Crippen LogP contribution in [-0.4, -0.2) is 51.8 Å². The Morgan fingerprint density at radius 2 is 1.63 bits per heavy atom. The number of ether oxygens (including phenoxy) is 1. The lowest BCUT2D eigenvalue weighted by molar-refractivity contribution is -0.148. The molecule has 0 aliphatic carbocycles. The molecular formula is C22H26FN3O4. The number of para-hydroxylation sites is 1. The van der Waals surface area contributed by atoms with Crippen LogP contribution in [0.3, 0.4) is 0 Å². The second kappa shape index (κ2) is 8.45. The first kappa shape index (κ1) is 20.4. The van der Waals surface area contributed by atoms with Crippen LogP contribution < -0.4 is 25.6 Å². The van der Waals surface area contributed by atoms with Crippen LogP contribution in [-0.2, 0) is 9.53 Å². The Labute approximate surface area is 174 Å². The second-order valence-corrected chi connectivity index (χ2v) is 7.82. The third-order valence-corrected chi connectivity index (χ3v) is 6.01. The zero-order valence-electron chi connectivity index (χ0n) is 17.1. The van der Waals surface area contributed by atoms with Crippen LogP contribution in [0.2, 0.25) is 0 Å². The summed E-state index contributed by atoms with van der Waals surface area (Å²) in [5.74, 6) is -0.797. The molecule has 0 N–H and O–H groups in total. The molecule has 0 bridgehead atoms. The van der Waals surface area contributed by atoms with Gasteiger partial charge in [-0.3, -0.25) is 14.4 Å². The largest absolute Gasteiger partial charge is 0.466 e. The van der Waals surface area contributed by atoms with E-state index >= 15 is 0 Å². The average molecular weight is 415 g/mol. The van der Waals surface area contributed by atoms with Gasteiger partial charge >= 0.3 is 5.97 Å². The van der Waals surface area contributed by atoms with Crippen LogP contribution in [0.5, 0.6) is 0 Å². The van der Waals surface area contributed by atoms with E-state index in [1.54, 1.807) is 25.1 Å². The number of anilines is 3. The molecule has 7 nitrogen and oxygen atoms in total. The van der Waals surface area contributed by atoms with Gasteiger partial charge in [0, 0.05) is 39.3 Å². The van der Waals surface area contributed by atoms with E-state index in [9.17, 15) is 18.8 Å². The molecule has 2 heterocycles. The minimum Gasteiger partial charge on any atom is -0.466 e. The molecule has 160 valence electrons. The number of benzene rings is 1. The molecule has 2 aromatic carbocycles. The van der Waals surface area contributed by atoms with Gasteiger partial charge in [0.1, 0.15) is 17.2 Å². The zero-order valence-corrected chi connectivity index (χ0v) is 17.1. The molecule has 0 aromatic heterocycles. The standard InChI is InChI=1S/C22H26FN3O4/c1-2-30-22(29)15-6-5-9-26(14-15)19-18(20(27)21(19)28)25-12-10-24(11-13-25)17-8-4-3-7-16(17)23/h3-4,7-8,15H,2,5-6,9-14H2,1H3. The predicted octanol–water partition coefficient (Wildman–Crippen LogP) is 1.53. The van der Waals surface area contributed by atoms with Crippen molar-refractivity contribution in [2.45, 2.75) is 19.8 Å². The SMILES string of the molecule is CCOC(=O)C1CCCN(c2c(N3CCN(c4ccccc4F)CC3)c(=O)c2=O)C1. The molecule has 0 amide bonds. The van der Waals surface area contributed by atoms with Crippen LogP contribution >= 0.6 is 0 Å². The molecular weight excluding hydrogens is 389 g/mol. The Bertz CT molecular complexity index is 993. The highest BCUT2D eigenvalue weighted by molar-refractivity contribution is 5.79. The smallest absolute Gasteiger partial charge is 0.310 e. The van der Waals surface area contributed by atoms with Gasteiger partial charge in [-0.1, -0.05) is 12.1 Å². The molecule has 2 aliphatic rings. The number of nitrogens with zero attached hydrogens (tertiary/aromatic N) is 3. The fourth-order valence-corrected chi connectivity index (χ4v) is 4.47. The zero-order chi connectivity index (χ0) is 21.3. The Balaban J connectivity index is 1.48. The van der Waals surface area contributed by atoms with Crippen molar-refractivity contribution >= 4 is 23.0 Å². The lowest BCUT2D eigenvalue weighted by atomic mass is 9.96. The average Bonchev–Trinajstić information content (AvgIpc) is 2.77. The summed E-state index contributed by atoms with van der Waals surface area (Å²) in [5, 5.41) is 0. The number of halogens is 1. The van der Waals surface area contributed by atoms with E-state index in [4.69, 9.17) is 4.74 Å². The Morgan fingerprint density at radius 1 is 1.00 bits per heavy atom. The fraction of sp³-hybridized carbons (Fsp3) is 0.500. The Morgan fingerprint density at radius 3 is 2.30 bits per heavy atom. The third kappa shape index (κ3) is 3.66. The van der Waals surface area contributed by atoms with Gasteiger partial charge in [-0.25, -0.2) is 4.39 Å². The van der Waals surface area contributed by atoms with Crippen molar-refractivity contribution in [2.75, 3.05) is 60.6 Å². The van der Waals surface area contributed by atoms with Gasteiger partial charge < -0.3 is 19.4 Å². The maximum atomic E-state index is 14.1. The number of carbonyl (C=O) groups is 1. The maximum absolute atomic E-state index is 14.1. The highest BCUT2D eigenvalue weighted by Crippen LogP contribution is 2.30. The van der Waals surface area contributed by atoms with Gasteiger partial charge in [0.25, 0.3) is 10.9 Å². The minimum absolute atomic E-state index is 0.249. The second-order valence-electron chi connectivity index (χ2n) is 7.82. The number of carbonyl (C=O) groups excluding carboxylic acids is 1. The number of esters is 1. The molecule has 2 saturated heterocycles. The van der Waals surface area contributed by atoms with Crippen LogP contribution in [0.25, 0.3) is 0 Å². The lowest BCUT2D eigenvalue weighted by Crippen LogP contribution is -2.54. The Kier molecular flexibility index (Phi) is 5.74. The van der Waals surface area contributed by atoms with Gasteiger partial charge in [0.15, 0.2) is 0 Å². The first-order valence-electron chi connectivity index (χ1n) is 10.5. The normalized spacial score (nSPS) is 19.9. The van der Waals surface area contributed by atoms with Gasteiger partial charge in [0.05, 0.1) is 18.2 Å². The van der Waals surface area contributed by atoms with Crippen molar-refractivity contribution in [2.24, 2.45) is 5.92 Å². The highest BCUT2D eigenvalue weighted by atomic mass is 19.1. The number of hydrogen-bond donors (Lipinski definition) is 0. The summed E-state index contributed by atoms with van der Waals surface area (Å²) in [5.41, 5.74) is 0.468. The van der Waals surface area contributed by atoms with E-state index < -0.39 is 10.9 Å². The monoisotopic (exact) mass is 415 g/mol. The molecule has 0 saturated carbocycles. The van der Waals surface area contributed by atoms with Gasteiger partial charge in [0.2, 0.25) is 0 Å². The molecule has 4 rings (SSSR count). The van der Waals surface area contributed by atoms with Gasteiger partial charge in [-0.2, -0.15) is 0 Å².